The number of amides is 5. The van der Waals surface area contributed by atoms with E-state index in [1.807, 2.05) is 0 Å². The summed E-state index contributed by atoms with van der Waals surface area (Å²) >= 11 is 0. The minimum atomic E-state index is -2.01. The second kappa shape index (κ2) is 23.7. The van der Waals surface area contributed by atoms with Crippen molar-refractivity contribution in [3.63, 3.8) is 0 Å². The van der Waals surface area contributed by atoms with Gasteiger partial charge >= 0.3 is 18.3 Å². The molecule has 0 bridgehead atoms. The molecule has 0 aromatic heterocycles. The van der Waals surface area contributed by atoms with Gasteiger partial charge in [-0.15, -0.1) is 0 Å². The zero-order chi connectivity index (χ0) is 39.1. The molecule has 0 unspecified atom stereocenters. The first kappa shape index (κ1) is 47.3. The van der Waals surface area contributed by atoms with Crippen LogP contribution in [0.3, 0.4) is 0 Å². The summed E-state index contributed by atoms with van der Waals surface area (Å²) in [6.07, 6.45) is 2.62. The van der Waals surface area contributed by atoms with Crippen LogP contribution in [0.15, 0.2) is 4.99 Å². The lowest BCUT2D eigenvalue weighted by molar-refractivity contribution is -0.149. The molecule has 296 valence electrons. The van der Waals surface area contributed by atoms with Crippen molar-refractivity contribution in [2.75, 3.05) is 52.5 Å². The minimum Gasteiger partial charge on any atom is -0.444 e. The summed E-state index contributed by atoms with van der Waals surface area (Å²) in [7, 11) is 0. The number of guanidine groups is 1. The van der Waals surface area contributed by atoms with Crippen LogP contribution >= 0.6 is 0 Å². The van der Waals surface area contributed by atoms with E-state index in [1.54, 1.807) is 62.3 Å². The Morgan fingerprint density at radius 3 is 1.37 bits per heavy atom. The molecule has 0 heterocycles. The van der Waals surface area contributed by atoms with Crippen molar-refractivity contribution < 1.29 is 48.4 Å². The molecule has 0 aromatic rings. The number of nitrogens with one attached hydrogen (secondary N) is 6. The van der Waals surface area contributed by atoms with Gasteiger partial charge in [-0.05, 0) is 108 Å². The van der Waals surface area contributed by atoms with E-state index < -0.39 is 65.5 Å². The third-order valence-electron chi connectivity index (χ3n) is 6.55. The third kappa shape index (κ3) is 24.2. The van der Waals surface area contributed by atoms with Gasteiger partial charge in [-0.25, -0.2) is 14.4 Å². The number of hydrogen-bond donors (Lipinski definition) is 8. The van der Waals surface area contributed by atoms with Gasteiger partial charge < -0.3 is 45.7 Å². The summed E-state index contributed by atoms with van der Waals surface area (Å²) in [6.45, 7) is 16.6. The average Bonchev–Trinajstić information content (AvgIpc) is 2.97. The molecule has 0 saturated carbocycles. The summed E-state index contributed by atoms with van der Waals surface area (Å²) in [6, 6.07) is 0. The van der Waals surface area contributed by atoms with E-state index >= 15 is 0 Å². The highest BCUT2D eigenvalue weighted by Crippen LogP contribution is 2.17. The molecule has 17 nitrogen and oxygen atoms in total. The zero-order valence-electron chi connectivity index (χ0n) is 32.2. The summed E-state index contributed by atoms with van der Waals surface area (Å²) in [5, 5.41) is 35.9. The van der Waals surface area contributed by atoms with Crippen molar-refractivity contribution in [3.05, 3.63) is 0 Å². The van der Waals surface area contributed by atoms with Crippen LogP contribution in [-0.4, -0.2) is 116 Å². The molecule has 0 fully saturated rings. The van der Waals surface area contributed by atoms with E-state index in [2.05, 4.69) is 36.9 Å². The number of aliphatic hydroxyl groups excluding tert-OH is 2. The van der Waals surface area contributed by atoms with Crippen molar-refractivity contribution in [1.82, 2.24) is 31.9 Å². The van der Waals surface area contributed by atoms with Gasteiger partial charge in [-0.2, -0.15) is 0 Å². The Bertz CT molecular complexity index is 1080. The molecule has 5 amide bonds. The van der Waals surface area contributed by atoms with Crippen LogP contribution in [-0.2, 0) is 23.8 Å². The first-order chi connectivity index (χ1) is 23.6. The third-order valence-corrected chi connectivity index (χ3v) is 6.55. The number of aliphatic hydroxyl groups is 2. The van der Waals surface area contributed by atoms with Gasteiger partial charge in [0.2, 0.25) is 17.8 Å². The van der Waals surface area contributed by atoms with Crippen LogP contribution < -0.4 is 31.9 Å². The van der Waals surface area contributed by atoms with Crippen molar-refractivity contribution in [2.45, 2.75) is 124 Å². The van der Waals surface area contributed by atoms with Gasteiger partial charge in [-0.1, -0.05) is 12.8 Å². The van der Waals surface area contributed by atoms with E-state index in [9.17, 15) is 34.2 Å². The topological polar surface area (TPSA) is 238 Å². The number of ether oxygens (including phenoxy) is 3. The molecule has 0 aliphatic carbocycles. The molecule has 0 radical (unpaired) electrons. The predicted octanol–water partition coefficient (Wildman–Crippen LogP) is 2.44. The second-order valence-corrected chi connectivity index (χ2v) is 15.0. The number of rotatable bonds is 20. The average molecular weight is 732 g/mol. The molecule has 17 heteroatoms. The lowest BCUT2D eigenvalue weighted by Crippen LogP contribution is -2.56. The van der Waals surface area contributed by atoms with E-state index in [1.165, 1.54) is 0 Å². The van der Waals surface area contributed by atoms with Crippen molar-refractivity contribution in [1.29, 1.82) is 0 Å². The lowest BCUT2D eigenvalue weighted by Gasteiger charge is -2.27. The Balaban J connectivity index is 4.51. The van der Waals surface area contributed by atoms with Gasteiger partial charge in [0.25, 0.3) is 0 Å². The van der Waals surface area contributed by atoms with Gasteiger partial charge in [0, 0.05) is 26.2 Å². The number of alkyl carbamates (subject to hydrolysis) is 3. The van der Waals surface area contributed by atoms with E-state index in [0.717, 1.165) is 12.8 Å². The van der Waals surface area contributed by atoms with Gasteiger partial charge in [0.05, 0.1) is 13.2 Å². The molecule has 0 aliphatic heterocycles. The van der Waals surface area contributed by atoms with E-state index in [-0.39, 0.29) is 25.6 Å². The van der Waals surface area contributed by atoms with Crippen LogP contribution in [0.2, 0.25) is 0 Å². The molecule has 8 N–H and O–H groups in total. The fraction of sp³-hybridized carbons (Fsp3) is 0.824. The smallest absolute Gasteiger partial charge is 0.414 e. The van der Waals surface area contributed by atoms with E-state index in [4.69, 9.17) is 14.2 Å². The van der Waals surface area contributed by atoms with Gasteiger partial charge in [0.15, 0.2) is 5.41 Å². The Kier molecular flexibility index (Phi) is 22.0. The molecule has 0 aromatic carbocycles. The minimum absolute atomic E-state index is 0.105. The molecule has 51 heavy (non-hydrogen) atoms. The van der Waals surface area contributed by atoms with Crippen molar-refractivity contribution >= 4 is 36.1 Å². The van der Waals surface area contributed by atoms with Crippen LogP contribution in [0, 0.1) is 5.41 Å². The number of aliphatic imine (C=N–C) groups is 1. The maximum Gasteiger partial charge on any atom is 0.414 e. The maximum absolute atomic E-state index is 12.9. The van der Waals surface area contributed by atoms with Gasteiger partial charge in [0.1, 0.15) is 16.8 Å². The molecule has 0 atom stereocenters. The molecule has 0 rings (SSSR count). The summed E-state index contributed by atoms with van der Waals surface area (Å²) in [5.41, 5.74) is -4.05. The summed E-state index contributed by atoms with van der Waals surface area (Å²) < 4.78 is 15.6. The van der Waals surface area contributed by atoms with Gasteiger partial charge in [-0.3, -0.25) is 25.2 Å². The number of nitrogens with zero attached hydrogens (tertiary/aromatic N) is 1. The number of carbonyl (C=O) groups is 5. The Morgan fingerprint density at radius 1 is 0.510 bits per heavy atom. The van der Waals surface area contributed by atoms with Crippen molar-refractivity contribution in [3.8, 4) is 0 Å². The summed E-state index contributed by atoms with van der Waals surface area (Å²) in [5.74, 6) is -1.62. The second-order valence-electron chi connectivity index (χ2n) is 15.0. The normalized spacial score (nSPS) is 11.9. The Hall–Kier alpha value is -3.70. The first-order valence-corrected chi connectivity index (χ1v) is 17.6. The Morgan fingerprint density at radius 2 is 0.902 bits per heavy atom. The standard InChI is InChI=1S/C34H65N7O10/c1-31(2,3)49-28(46)39-22-16-18-35-17-14-15-20-37-26(45)34(23-42,24-43)25(44)36-19-12-10-11-13-21-38-27(40-29(47)50-32(4,5)6)41-30(48)51-33(7,8)9/h35,42-43H,10-24H2,1-9H3,(H,36,44)(H,37,45)(H,39,46)(H2,38,40,41,47,48). The fourth-order valence-corrected chi connectivity index (χ4v) is 4.09. The lowest BCUT2D eigenvalue weighted by atomic mass is 9.87. The molecule has 0 saturated heterocycles. The van der Waals surface area contributed by atoms with E-state index in [0.29, 0.717) is 51.7 Å². The molecular weight excluding hydrogens is 666 g/mol. The SMILES string of the molecule is CC(C)(C)OC(=O)NCCCNCCCCNC(=O)C(CO)(CO)C(=O)NCCCCCCN=C(NC(=O)OC(C)(C)C)NC(=O)OC(C)(C)C. The van der Waals surface area contributed by atoms with Crippen LogP contribution in [0.5, 0.6) is 0 Å². The highest BCUT2D eigenvalue weighted by molar-refractivity contribution is 6.05. The quantitative estimate of drug-likeness (QED) is 0.0298. The van der Waals surface area contributed by atoms with Crippen molar-refractivity contribution in [2.24, 2.45) is 10.4 Å². The maximum atomic E-state index is 12.9. The zero-order valence-corrected chi connectivity index (χ0v) is 32.2. The fourth-order valence-electron chi connectivity index (χ4n) is 4.09. The largest absolute Gasteiger partial charge is 0.444 e. The number of hydrogen-bond acceptors (Lipinski definition) is 12. The number of unbranched alkanes of at least 4 members (excludes halogenated alkanes) is 4. The highest BCUT2D eigenvalue weighted by atomic mass is 16.6. The molecule has 0 aliphatic rings. The van der Waals surface area contributed by atoms with Crippen LogP contribution in [0.4, 0.5) is 14.4 Å². The van der Waals surface area contributed by atoms with Crippen LogP contribution in [0.25, 0.3) is 0 Å². The number of carbonyl (C=O) groups excluding carboxylic acids is 5. The summed E-state index contributed by atoms with van der Waals surface area (Å²) in [4.78, 5) is 66.0. The van der Waals surface area contributed by atoms with Crippen LogP contribution in [0.1, 0.15) is 107 Å². The predicted molar refractivity (Wildman–Crippen MR) is 193 cm³/mol. The monoisotopic (exact) mass is 731 g/mol. The molecule has 0 spiro atoms. The Labute approximate surface area is 303 Å². The first-order valence-electron chi connectivity index (χ1n) is 17.6. The molecular formula is C34H65N7O10. The highest BCUT2D eigenvalue weighted by Gasteiger charge is 2.45.